The summed E-state index contributed by atoms with van der Waals surface area (Å²) in [5.74, 6) is -2.97. The van der Waals surface area contributed by atoms with Gasteiger partial charge >= 0.3 is 12.1 Å². The summed E-state index contributed by atoms with van der Waals surface area (Å²) in [7, 11) is -3.77. The lowest BCUT2D eigenvalue weighted by atomic mass is 10.1. The number of benzene rings is 2. The molecule has 1 atom stereocenters. The molecule has 0 radical (unpaired) electrons. The Morgan fingerprint density at radius 1 is 1.11 bits per heavy atom. The highest BCUT2D eigenvalue weighted by Crippen LogP contribution is 2.30. The van der Waals surface area contributed by atoms with Gasteiger partial charge in [0.25, 0.3) is 15.9 Å². The third-order valence-corrected chi connectivity index (χ3v) is 6.63. The Balaban J connectivity index is 0.000000572. The lowest BCUT2D eigenvalue weighted by Gasteiger charge is -2.31. The van der Waals surface area contributed by atoms with E-state index in [2.05, 4.69) is 20.3 Å². The molecule has 1 amide bonds. The van der Waals surface area contributed by atoms with Gasteiger partial charge in [-0.25, -0.2) is 13.2 Å². The van der Waals surface area contributed by atoms with E-state index in [4.69, 9.17) is 9.90 Å². The molecule has 1 saturated heterocycles. The highest BCUT2D eigenvalue weighted by atomic mass is 32.2. The summed E-state index contributed by atoms with van der Waals surface area (Å²) in [6.07, 6.45) is -4.27. The van der Waals surface area contributed by atoms with Crippen molar-refractivity contribution in [3.8, 4) is 0 Å². The van der Waals surface area contributed by atoms with E-state index in [1.807, 2.05) is 19.9 Å². The fourth-order valence-corrected chi connectivity index (χ4v) is 4.24. The van der Waals surface area contributed by atoms with Gasteiger partial charge in [0.15, 0.2) is 0 Å². The molecule has 198 valence electrons. The summed E-state index contributed by atoms with van der Waals surface area (Å²) in [6.45, 7) is 7.10. The van der Waals surface area contributed by atoms with E-state index in [1.54, 1.807) is 42.5 Å². The maximum atomic E-state index is 12.9. The monoisotopic (exact) mass is 530 g/mol. The largest absolute Gasteiger partial charge is 0.490 e. The minimum Gasteiger partial charge on any atom is -0.475 e. The first kappa shape index (κ1) is 28.9. The van der Waals surface area contributed by atoms with Crippen molar-refractivity contribution < 1.29 is 36.3 Å². The minimum atomic E-state index is -5.08. The summed E-state index contributed by atoms with van der Waals surface area (Å²) < 4.78 is 60.2. The van der Waals surface area contributed by atoms with Crippen molar-refractivity contribution in [1.82, 2.24) is 10.6 Å². The van der Waals surface area contributed by atoms with Crippen LogP contribution in [0.2, 0.25) is 0 Å². The van der Waals surface area contributed by atoms with Crippen molar-refractivity contribution in [2.75, 3.05) is 35.8 Å². The number of sulfonamides is 1. The topological polar surface area (TPSA) is 128 Å². The molecule has 0 spiro atoms. The standard InChI is InChI=1S/C21H28N4O3S.C2HF3O2/c1-3-16(2)23-21(26)17-9-10-20(25-13-11-22-12-14-25)19(15-17)24-29(27,28)18-7-5-4-6-8-18;3-2(4,5)1(6)7/h4-10,15-16,22,24H,3,11-14H2,1-2H3,(H,23,26);(H,6,7). The average Bonchev–Trinajstić information content (AvgIpc) is 2.84. The van der Waals surface area contributed by atoms with Crippen LogP contribution in [-0.4, -0.2) is 63.8 Å². The Kier molecular flexibility index (Phi) is 10.1. The van der Waals surface area contributed by atoms with Gasteiger partial charge in [-0.2, -0.15) is 13.2 Å². The molecule has 0 aromatic heterocycles. The number of carboxylic acids is 1. The van der Waals surface area contributed by atoms with E-state index in [1.165, 1.54) is 0 Å². The van der Waals surface area contributed by atoms with Gasteiger partial charge in [-0.3, -0.25) is 9.52 Å². The van der Waals surface area contributed by atoms with Gasteiger partial charge in [0.2, 0.25) is 0 Å². The number of nitrogens with one attached hydrogen (secondary N) is 3. The molecule has 3 rings (SSSR count). The lowest BCUT2D eigenvalue weighted by molar-refractivity contribution is -0.192. The lowest BCUT2D eigenvalue weighted by Crippen LogP contribution is -2.43. The molecule has 1 fully saturated rings. The van der Waals surface area contributed by atoms with E-state index in [0.717, 1.165) is 38.3 Å². The van der Waals surface area contributed by atoms with Crippen LogP contribution in [0.4, 0.5) is 24.5 Å². The van der Waals surface area contributed by atoms with Crippen LogP contribution in [0.3, 0.4) is 0 Å². The van der Waals surface area contributed by atoms with E-state index < -0.39 is 22.2 Å². The Morgan fingerprint density at radius 3 is 2.22 bits per heavy atom. The number of nitrogens with zero attached hydrogens (tertiary/aromatic N) is 1. The number of carbonyl (C=O) groups is 2. The second-order valence-corrected chi connectivity index (χ2v) is 9.66. The highest BCUT2D eigenvalue weighted by molar-refractivity contribution is 7.92. The van der Waals surface area contributed by atoms with E-state index in [9.17, 15) is 26.4 Å². The summed E-state index contributed by atoms with van der Waals surface area (Å²) in [6, 6.07) is 13.5. The number of aliphatic carboxylic acids is 1. The fraction of sp³-hybridized carbons (Fsp3) is 0.391. The molecule has 1 aliphatic rings. The second kappa shape index (κ2) is 12.6. The summed E-state index contributed by atoms with van der Waals surface area (Å²) >= 11 is 0. The zero-order valence-electron chi connectivity index (χ0n) is 19.8. The van der Waals surface area contributed by atoms with Crippen LogP contribution in [-0.2, 0) is 14.8 Å². The molecule has 0 aliphatic carbocycles. The number of halogens is 3. The molecule has 1 aliphatic heterocycles. The molecule has 36 heavy (non-hydrogen) atoms. The average molecular weight is 531 g/mol. The first-order valence-electron chi connectivity index (χ1n) is 11.1. The predicted octanol–water partition coefficient (Wildman–Crippen LogP) is 3.06. The number of anilines is 2. The first-order valence-corrected chi connectivity index (χ1v) is 12.6. The number of hydrogen-bond acceptors (Lipinski definition) is 6. The quantitative estimate of drug-likeness (QED) is 0.433. The van der Waals surface area contributed by atoms with Gasteiger partial charge in [-0.15, -0.1) is 0 Å². The maximum Gasteiger partial charge on any atom is 0.490 e. The Bertz CT molecular complexity index is 1140. The number of amides is 1. The smallest absolute Gasteiger partial charge is 0.475 e. The molecular weight excluding hydrogens is 501 g/mol. The molecule has 2 aromatic carbocycles. The van der Waals surface area contributed by atoms with Crippen molar-refractivity contribution in [3.63, 3.8) is 0 Å². The molecule has 0 saturated carbocycles. The van der Waals surface area contributed by atoms with Crippen LogP contribution in [0.25, 0.3) is 0 Å². The summed E-state index contributed by atoms with van der Waals surface area (Å²) in [4.78, 5) is 23.8. The van der Waals surface area contributed by atoms with Crippen LogP contribution < -0.4 is 20.3 Å². The number of piperazine rings is 1. The predicted molar refractivity (Wildman–Crippen MR) is 130 cm³/mol. The normalized spacial score (nSPS) is 14.8. The molecule has 2 aromatic rings. The van der Waals surface area contributed by atoms with E-state index in [0.29, 0.717) is 11.3 Å². The molecule has 0 bridgehead atoms. The van der Waals surface area contributed by atoms with Gasteiger partial charge in [-0.05, 0) is 43.7 Å². The van der Waals surface area contributed by atoms with Crippen LogP contribution in [0.5, 0.6) is 0 Å². The summed E-state index contributed by atoms with van der Waals surface area (Å²) in [5.41, 5.74) is 1.61. The van der Waals surface area contributed by atoms with Gasteiger partial charge in [0.1, 0.15) is 0 Å². The zero-order chi connectivity index (χ0) is 26.9. The Morgan fingerprint density at radius 2 is 1.69 bits per heavy atom. The third-order valence-electron chi connectivity index (χ3n) is 5.25. The van der Waals surface area contributed by atoms with Crippen molar-refractivity contribution in [2.45, 2.75) is 37.4 Å². The molecule has 1 unspecified atom stereocenters. The van der Waals surface area contributed by atoms with Crippen molar-refractivity contribution in [3.05, 3.63) is 54.1 Å². The van der Waals surface area contributed by atoms with Gasteiger partial charge in [0.05, 0.1) is 16.3 Å². The van der Waals surface area contributed by atoms with E-state index >= 15 is 0 Å². The Labute approximate surface area is 207 Å². The maximum absolute atomic E-state index is 12.9. The number of carbonyl (C=O) groups excluding carboxylic acids is 1. The molecule has 13 heteroatoms. The van der Waals surface area contributed by atoms with Crippen LogP contribution in [0.15, 0.2) is 53.4 Å². The van der Waals surface area contributed by atoms with Crippen LogP contribution in [0, 0.1) is 0 Å². The molecule has 4 N–H and O–H groups in total. The second-order valence-electron chi connectivity index (χ2n) is 7.97. The van der Waals surface area contributed by atoms with Gasteiger partial charge in [0, 0.05) is 37.8 Å². The van der Waals surface area contributed by atoms with Crippen molar-refractivity contribution >= 4 is 33.3 Å². The minimum absolute atomic E-state index is 0.0415. The first-order chi connectivity index (χ1) is 16.8. The molecule has 9 nitrogen and oxygen atoms in total. The third kappa shape index (κ3) is 8.41. The SMILES string of the molecule is CCC(C)NC(=O)c1ccc(N2CCNCC2)c(NS(=O)(=O)c2ccccc2)c1.O=C(O)C(F)(F)F. The van der Waals surface area contributed by atoms with E-state index in [-0.39, 0.29) is 16.8 Å². The van der Waals surface area contributed by atoms with Crippen molar-refractivity contribution in [1.29, 1.82) is 0 Å². The number of hydrogen-bond donors (Lipinski definition) is 4. The zero-order valence-corrected chi connectivity index (χ0v) is 20.6. The number of alkyl halides is 3. The number of rotatable bonds is 7. The summed E-state index contributed by atoms with van der Waals surface area (Å²) in [5, 5.41) is 13.3. The molecule has 1 heterocycles. The van der Waals surface area contributed by atoms with Gasteiger partial charge in [-0.1, -0.05) is 25.1 Å². The fourth-order valence-electron chi connectivity index (χ4n) is 3.15. The van der Waals surface area contributed by atoms with Gasteiger partial charge < -0.3 is 20.6 Å². The molecular formula is C23H29F3N4O5S. The van der Waals surface area contributed by atoms with Crippen LogP contribution in [0.1, 0.15) is 30.6 Å². The van der Waals surface area contributed by atoms with Crippen molar-refractivity contribution in [2.24, 2.45) is 0 Å². The van der Waals surface area contributed by atoms with Crippen LogP contribution >= 0.6 is 0 Å². The number of carboxylic acid groups (broad SMARTS) is 1. The Hall–Kier alpha value is -3.32. The highest BCUT2D eigenvalue weighted by Gasteiger charge is 2.38.